The molecule has 5 nitrogen and oxygen atoms in total. The molecule has 0 unspecified atom stereocenters. The van der Waals surface area contributed by atoms with Crippen LogP contribution in [0.5, 0.6) is 0 Å². The Hall–Kier alpha value is -2.83. The van der Waals surface area contributed by atoms with E-state index in [0.717, 1.165) is 17.7 Å². The summed E-state index contributed by atoms with van der Waals surface area (Å²) in [6.45, 7) is 0.416. The van der Waals surface area contributed by atoms with Crippen LogP contribution in [0.2, 0.25) is 0 Å². The topological polar surface area (TPSA) is 71.1 Å². The highest BCUT2D eigenvalue weighted by molar-refractivity contribution is 5.94. The van der Waals surface area contributed by atoms with E-state index in [4.69, 9.17) is 0 Å². The van der Waals surface area contributed by atoms with Crippen LogP contribution in [0.15, 0.2) is 42.7 Å². The molecule has 1 aromatic heterocycles. The molecule has 0 bridgehead atoms. The monoisotopic (exact) mass is 319 g/mol. The summed E-state index contributed by atoms with van der Waals surface area (Å²) in [5, 5.41) is 5.11. The van der Waals surface area contributed by atoms with Gasteiger partial charge in [0, 0.05) is 38.0 Å². The molecular weight excluding hydrogens is 304 g/mol. The summed E-state index contributed by atoms with van der Waals surface area (Å²) in [6, 6.07) is 6.25. The third-order valence-electron chi connectivity index (χ3n) is 3.05. The lowest BCUT2D eigenvalue weighted by molar-refractivity contribution is -0.121. The minimum Gasteiger partial charge on any atom is -0.352 e. The van der Waals surface area contributed by atoms with Crippen molar-refractivity contribution >= 4 is 11.8 Å². The number of pyridine rings is 1. The zero-order valence-electron chi connectivity index (χ0n) is 12.2. The van der Waals surface area contributed by atoms with E-state index in [2.05, 4.69) is 15.6 Å². The van der Waals surface area contributed by atoms with Crippen LogP contribution in [-0.2, 0) is 11.3 Å². The normalized spacial score (nSPS) is 10.2. The maximum Gasteiger partial charge on any atom is 0.254 e. The van der Waals surface area contributed by atoms with Crippen molar-refractivity contribution in [3.05, 3.63) is 65.5 Å². The second-order valence-corrected chi connectivity index (χ2v) is 4.76. The van der Waals surface area contributed by atoms with E-state index < -0.39 is 17.5 Å². The molecule has 23 heavy (non-hydrogen) atoms. The van der Waals surface area contributed by atoms with Gasteiger partial charge in [0.1, 0.15) is 11.6 Å². The fourth-order valence-corrected chi connectivity index (χ4v) is 1.85. The SMILES string of the molecule is O=C(CCNC(=O)c1ccc(F)cc1F)NCc1ccncc1. The van der Waals surface area contributed by atoms with Gasteiger partial charge in [-0.05, 0) is 29.8 Å². The smallest absolute Gasteiger partial charge is 0.254 e. The molecule has 0 aliphatic carbocycles. The maximum absolute atomic E-state index is 13.4. The fourth-order valence-electron chi connectivity index (χ4n) is 1.85. The van der Waals surface area contributed by atoms with E-state index in [0.29, 0.717) is 12.6 Å². The molecule has 0 saturated carbocycles. The number of nitrogens with zero attached hydrogens (tertiary/aromatic N) is 1. The van der Waals surface area contributed by atoms with E-state index in [1.54, 1.807) is 24.5 Å². The largest absolute Gasteiger partial charge is 0.352 e. The molecule has 120 valence electrons. The quantitative estimate of drug-likeness (QED) is 0.853. The van der Waals surface area contributed by atoms with Gasteiger partial charge in [-0.3, -0.25) is 14.6 Å². The third kappa shape index (κ3) is 5.14. The van der Waals surface area contributed by atoms with E-state index in [9.17, 15) is 18.4 Å². The maximum atomic E-state index is 13.4. The molecular formula is C16H15F2N3O2. The van der Waals surface area contributed by atoms with Crippen molar-refractivity contribution in [1.29, 1.82) is 0 Å². The number of halogens is 2. The summed E-state index contributed by atoms with van der Waals surface area (Å²) in [6.07, 6.45) is 3.30. The molecule has 2 rings (SSSR count). The van der Waals surface area contributed by atoms with Crippen LogP contribution in [0.4, 0.5) is 8.78 Å². The number of aromatic nitrogens is 1. The van der Waals surface area contributed by atoms with Crippen molar-refractivity contribution < 1.29 is 18.4 Å². The van der Waals surface area contributed by atoms with Gasteiger partial charge in [-0.25, -0.2) is 8.78 Å². The summed E-state index contributed by atoms with van der Waals surface area (Å²) in [7, 11) is 0. The van der Waals surface area contributed by atoms with Gasteiger partial charge in [-0.15, -0.1) is 0 Å². The lowest BCUT2D eigenvalue weighted by Gasteiger charge is -2.07. The van der Waals surface area contributed by atoms with Crippen molar-refractivity contribution in [3.63, 3.8) is 0 Å². The zero-order valence-corrected chi connectivity index (χ0v) is 12.2. The number of benzene rings is 1. The number of nitrogens with one attached hydrogen (secondary N) is 2. The zero-order chi connectivity index (χ0) is 16.7. The first-order valence-electron chi connectivity index (χ1n) is 6.95. The molecule has 0 saturated heterocycles. The summed E-state index contributed by atoms with van der Waals surface area (Å²) in [5.74, 6) is -2.63. The fraction of sp³-hybridized carbons (Fsp3) is 0.188. The number of hydrogen-bond acceptors (Lipinski definition) is 3. The molecule has 2 aromatic rings. The molecule has 0 fully saturated rings. The molecule has 1 aromatic carbocycles. The highest BCUT2D eigenvalue weighted by Crippen LogP contribution is 2.09. The first kappa shape index (κ1) is 16.5. The minimum absolute atomic E-state index is 0.0534. The van der Waals surface area contributed by atoms with Crippen molar-refractivity contribution in [1.82, 2.24) is 15.6 Å². The van der Waals surface area contributed by atoms with Gasteiger partial charge < -0.3 is 10.6 Å². The number of hydrogen-bond donors (Lipinski definition) is 2. The second kappa shape index (κ2) is 7.98. The Labute approximate surface area is 131 Å². The van der Waals surface area contributed by atoms with Crippen molar-refractivity contribution in [3.8, 4) is 0 Å². The molecule has 0 spiro atoms. The second-order valence-electron chi connectivity index (χ2n) is 4.76. The predicted molar refractivity (Wildman–Crippen MR) is 79.4 cm³/mol. The lowest BCUT2D eigenvalue weighted by atomic mass is 10.2. The van der Waals surface area contributed by atoms with Crippen LogP contribution < -0.4 is 10.6 Å². The van der Waals surface area contributed by atoms with Crippen molar-refractivity contribution in [2.75, 3.05) is 6.54 Å². The lowest BCUT2D eigenvalue weighted by Crippen LogP contribution is -2.31. The molecule has 2 N–H and O–H groups in total. The number of carbonyl (C=O) groups is 2. The van der Waals surface area contributed by atoms with E-state index in [1.165, 1.54) is 0 Å². The van der Waals surface area contributed by atoms with Crippen LogP contribution in [0, 0.1) is 11.6 Å². The standard InChI is InChI=1S/C16H15F2N3O2/c17-12-1-2-13(14(18)9-12)16(23)20-8-5-15(22)21-10-11-3-6-19-7-4-11/h1-4,6-7,9H,5,8,10H2,(H,20,23)(H,21,22). The molecule has 7 heteroatoms. The van der Waals surface area contributed by atoms with Crippen LogP contribution in [0.1, 0.15) is 22.3 Å². The molecule has 0 aliphatic rings. The Morgan fingerprint density at radius 1 is 1.04 bits per heavy atom. The van der Waals surface area contributed by atoms with Gasteiger partial charge in [0.15, 0.2) is 0 Å². The minimum atomic E-state index is -0.940. The first-order chi connectivity index (χ1) is 11.1. The summed E-state index contributed by atoms with van der Waals surface area (Å²) in [4.78, 5) is 27.2. The first-order valence-corrected chi connectivity index (χ1v) is 6.95. The van der Waals surface area contributed by atoms with Crippen LogP contribution in [0.3, 0.4) is 0 Å². The summed E-state index contributed by atoms with van der Waals surface area (Å²) in [5.41, 5.74) is 0.648. The molecule has 2 amide bonds. The predicted octanol–water partition coefficient (Wildman–Crippen LogP) is 1.80. The van der Waals surface area contributed by atoms with Gasteiger partial charge in [0.25, 0.3) is 5.91 Å². The summed E-state index contributed by atoms with van der Waals surface area (Å²) < 4.78 is 26.2. The van der Waals surface area contributed by atoms with Gasteiger partial charge >= 0.3 is 0 Å². The van der Waals surface area contributed by atoms with Crippen LogP contribution in [-0.4, -0.2) is 23.3 Å². The third-order valence-corrected chi connectivity index (χ3v) is 3.05. The summed E-state index contributed by atoms with van der Waals surface area (Å²) >= 11 is 0. The van der Waals surface area contributed by atoms with Crippen LogP contribution >= 0.6 is 0 Å². The Morgan fingerprint density at radius 2 is 1.78 bits per heavy atom. The average molecular weight is 319 g/mol. The highest BCUT2D eigenvalue weighted by atomic mass is 19.1. The van der Waals surface area contributed by atoms with E-state index >= 15 is 0 Å². The van der Waals surface area contributed by atoms with Crippen LogP contribution in [0.25, 0.3) is 0 Å². The van der Waals surface area contributed by atoms with Gasteiger partial charge in [-0.2, -0.15) is 0 Å². The Morgan fingerprint density at radius 3 is 2.48 bits per heavy atom. The number of amides is 2. The molecule has 0 radical (unpaired) electrons. The Bertz CT molecular complexity index is 693. The molecule has 1 heterocycles. The van der Waals surface area contributed by atoms with Gasteiger partial charge in [-0.1, -0.05) is 0 Å². The Kier molecular flexibility index (Phi) is 5.74. The van der Waals surface area contributed by atoms with Crippen molar-refractivity contribution in [2.24, 2.45) is 0 Å². The van der Waals surface area contributed by atoms with Gasteiger partial charge in [0.2, 0.25) is 5.91 Å². The molecule has 0 aliphatic heterocycles. The number of rotatable bonds is 6. The van der Waals surface area contributed by atoms with Crippen molar-refractivity contribution in [2.45, 2.75) is 13.0 Å². The van der Waals surface area contributed by atoms with E-state index in [1.807, 2.05) is 0 Å². The number of carbonyl (C=O) groups excluding carboxylic acids is 2. The Balaban J connectivity index is 1.73. The van der Waals surface area contributed by atoms with Gasteiger partial charge in [0.05, 0.1) is 5.56 Å². The average Bonchev–Trinajstić information content (AvgIpc) is 2.53. The van der Waals surface area contributed by atoms with E-state index in [-0.39, 0.29) is 24.4 Å². The molecule has 0 atom stereocenters. The highest BCUT2D eigenvalue weighted by Gasteiger charge is 2.12.